The van der Waals surface area contributed by atoms with Gasteiger partial charge in [0.05, 0.1) is 143 Å². The van der Waals surface area contributed by atoms with Gasteiger partial charge in [-0.25, -0.2) is 57.3 Å². The zero-order valence-electron chi connectivity index (χ0n) is 66.2. The highest BCUT2D eigenvalue weighted by atomic mass is 32.9. The zero-order chi connectivity index (χ0) is 92.0. The van der Waals surface area contributed by atoms with E-state index in [9.17, 15) is 38.5 Å². The van der Waals surface area contributed by atoms with Crippen molar-refractivity contribution in [1.29, 1.82) is 0 Å². The normalized spacial score (nSPS) is 36.2. The maximum Gasteiger partial charge on any atom is 0.386 e. The van der Waals surface area contributed by atoms with Crippen molar-refractivity contribution in [2.45, 2.75) is 148 Å². The molecule has 9 saturated heterocycles. The lowest BCUT2D eigenvalue weighted by Crippen LogP contribution is -2.34. The number of thiol groups is 2. The third-order valence-electron chi connectivity index (χ3n) is 21.8. The van der Waals surface area contributed by atoms with Gasteiger partial charge in [-0.2, -0.15) is 25.1 Å². The molecule has 702 valence electrons. The number of alkyl halides is 2. The first-order valence-electron chi connectivity index (χ1n) is 38.8. The molecule has 0 aromatic carbocycles. The summed E-state index contributed by atoms with van der Waals surface area (Å²) in [5, 5.41) is 8.65. The lowest BCUT2D eigenvalue weighted by Gasteiger charge is -2.28. The fourth-order valence-corrected chi connectivity index (χ4v) is 25.4. The SMILES string of the molecule is Nc1nc2c(ncn2C2O[C@@H]3COP(O)(=S)O[C@H]4C[C@H](c5cnc6c(N)ccnn56)OC4COP(O)(=S)O[C@@H]2C3)c(=O)[nH]1.Nc1nc2c(ncn2[C@@H]2O[C@@H]3COP(=O)(S)O[C@H]4[C@H](F)[C@H](n5cnc6c(N)ccnc65)O[C@@H]4COP(O)(=S)O[C@@H]2[C@H]3F)c(=O)[nH]1.Nc1nc2c(ncn2[C@@H]2O[C@@H]3COP(O)(=S)O[C@H]4C[C@H](c5cnc6c(N)ccnn56)O[C@@H]4COP(=S)(S)O[C@@H]2C3)c(=O)[nH]1. The Bertz CT molecular complexity index is 6710. The molecular formula is C63H73F2N27O26P6S7. The molecule has 9 aliphatic rings. The number of fused-ring (bicyclic) bond motifs is 15. The quantitative estimate of drug-likeness (QED) is 0.0840. The molecule has 26 atom stereocenters. The van der Waals surface area contributed by atoms with Crippen molar-refractivity contribution >= 4 is 214 Å². The van der Waals surface area contributed by atoms with E-state index in [4.69, 9.17) is 176 Å². The number of aromatic nitrogens is 21. The van der Waals surface area contributed by atoms with Crippen molar-refractivity contribution in [3.05, 3.63) is 117 Å². The van der Waals surface area contributed by atoms with Gasteiger partial charge in [0.15, 0.2) is 87.7 Å². The second-order valence-corrected chi connectivity index (χ2v) is 49.6. The van der Waals surface area contributed by atoms with Gasteiger partial charge < -0.3 is 123 Å². The number of aromatic amines is 3. The maximum absolute atomic E-state index is 16.0. The van der Waals surface area contributed by atoms with Gasteiger partial charge in [0.1, 0.15) is 66.6 Å². The Morgan fingerprint density at radius 3 is 1.31 bits per heavy atom. The van der Waals surface area contributed by atoms with E-state index in [1.807, 2.05) is 0 Å². The molecule has 131 heavy (non-hydrogen) atoms. The van der Waals surface area contributed by atoms with Crippen LogP contribution in [0.2, 0.25) is 0 Å². The summed E-state index contributed by atoms with van der Waals surface area (Å²) in [6, 6.07) is 4.79. The smallest absolute Gasteiger partial charge is 0.386 e. The number of hydrogen-bond acceptors (Lipinski definition) is 45. The number of imidazole rings is 6. The van der Waals surface area contributed by atoms with Crippen molar-refractivity contribution in [3.8, 4) is 0 Å². The number of nitrogens with two attached hydrogens (primary N) is 6. The predicted octanol–water partition coefficient (Wildman–Crippen LogP) is 3.00. The molecule has 9 aliphatic heterocycles. The summed E-state index contributed by atoms with van der Waals surface area (Å²) in [5.41, 5.74) is 34.2. The second kappa shape index (κ2) is 36.1. The Kier molecular flexibility index (Phi) is 25.6. The molecule has 6 bridgehead atoms. The van der Waals surface area contributed by atoms with E-state index in [0.29, 0.717) is 34.1 Å². The third-order valence-corrected chi connectivity index (χ3v) is 31.9. The maximum atomic E-state index is 16.0. The number of ether oxygens (including phenoxy) is 6. The van der Waals surface area contributed by atoms with Crippen LogP contribution in [0.1, 0.15) is 74.2 Å². The van der Waals surface area contributed by atoms with Gasteiger partial charge in [0.2, 0.25) is 23.5 Å². The zero-order valence-corrected chi connectivity index (χ0v) is 77.4. The van der Waals surface area contributed by atoms with Crippen LogP contribution in [0, 0.1) is 0 Å². The number of H-pyrrole nitrogens is 3. The Morgan fingerprint density at radius 2 is 0.809 bits per heavy atom. The van der Waals surface area contributed by atoms with Crippen LogP contribution >= 0.6 is 63.9 Å². The van der Waals surface area contributed by atoms with E-state index < -0.39 is 192 Å². The second-order valence-electron chi connectivity index (χ2n) is 30.3. The van der Waals surface area contributed by atoms with Gasteiger partial charge in [-0.05, 0) is 77.2 Å². The molecule has 0 spiro atoms. The summed E-state index contributed by atoms with van der Waals surface area (Å²) < 4.78 is 159. The number of rotatable bonds is 6. The van der Waals surface area contributed by atoms with Crippen molar-refractivity contribution in [2.75, 3.05) is 74.0 Å². The van der Waals surface area contributed by atoms with Gasteiger partial charge in [-0.3, -0.25) is 61.2 Å². The van der Waals surface area contributed by atoms with Gasteiger partial charge >= 0.3 is 33.7 Å². The third kappa shape index (κ3) is 19.1. The minimum absolute atomic E-state index is 0.0208. The highest BCUT2D eigenvalue weighted by Crippen LogP contribution is 2.62. The first-order valence-corrected chi connectivity index (χ1v) is 55.6. The number of nitrogen functional groups attached to an aromatic ring is 6. The van der Waals surface area contributed by atoms with Crippen LogP contribution in [-0.4, -0.2) is 247 Å². The fraction of sp³-hybridized carbons (Fsp3) is 0.476. The Balaban J connectivity index is 0.000000127. The summed E-state index contributed by atoms with van der Waals surface area (Å²) in [6.07, 6.45) is -8.52. The standard InChI is InChI=1S/C21H23F2N9O9P2S2.C21H25N9O9P2S2.C21H25N9O8P2S3/c22-10-8-3-36-42(34,44)40-14-9(39-19(11(14)23)31-5-27-12-7(24)1-2-26-16(12)31)4-37-43(35,45)41-15(10)20(38-8)32-6-28-13-17(32)29-21(25)30-18(13)33;22-10-1-2-26-30-11(5-24-17(10)30)12-4-13-15(37-12)7-35-41(33,43)39-14-3-9(6-34-40(32,42)38-13)36-20(14)29-8-25-16-18(29)27-21(23)28-19(16)31;22-10-1-2-26-30-11(5-24-17(10)30)12-4-13-15(36-12)7-34-40(42,43)38-14-3-9(6-33-39(32,41)37-13)35-20(14)29-8-25-16-18(29)27-21(23)28-19(16)31/h1-2,5-6,8-11,14-15,19-20H,3-4H2,(H2,24,26)(H,34,44)(H,35,45)(H3,25,29,30,33);1-2,5,8-9,12-15,20H,3-4,6-7,22H2,(H,32,42)(H,33,43)(H3,23,27,28,31);1-2,5,8-9,12-15,20H,3-4,6-7,22H2,(H,32,41)(H,42,43)(H3,23,27,28,31)/t8-,9-,10+,11+,14-,15-,19-,20-,42?,43?;9-,12+,13-,14+,15?,20?,40?,41?;9-,12+,13-,14+,15+,20+,39?/m100/s1. The molecule has 21 heterocycles. The molecule has 0 amide bonds. The van der Waals surface area contributed by atoms with E-state index in [1.54, 1.807) is 39.8 Å². The summed E-state index contributed by atoms with van der Waals surface area (Å²) in [4.78, 5) is 130. The topological polar surface area (TPSA) is 702 Å². The van der Waals surface area contributed by atoms with Crippen molar-refractivity contribution < 1.29 is 116 Å². The first kappa shape index (κ1) is 92.9. The van der Waals surface area contributed by atoms with Crippen LogP contribution in [0.5, 0.6) is 0 Å². The Labute approximate surface area is 766 Å². The van der Waals surface area contributed by atoms with Crippen molar-refractivity contribution in [3.63, 3.8) is 0 Å². The number of nitrogens with one attached hydrogen (secondary N) is 3. The lowest BCUT2D eigenvalue weighted by molar-refractivity contribution is -0.0584. The number of pyridine rings is 1. The van der Waals surface area contributed by atoms with E-state index in [1.165, 1.54) is 51.1 Å². The average Bonchev–Trinajstić information content (AvgIpc) is 1.61. The summed E-state index contributed by atoms with van der Waals surface area (Å²) >= 11 is 35.4. The lowest BCUT2D eigenvalue weighted by atomic mass is 10.1. The monoisotopic (exact) mass is 2070 g/mol. The summed E-state index contributed by atoms with van der Waals surface area (Å²) in [5.74, 6) is -0.478. The first-order chi connectivity index (χ1) is 62.2. The molecule has 0 radical (unpaired) electrons. The number of nitrogens with zero attached hydrogens (tertiary/aromatic N) is 18. The van der Waals surface area contributed by atoms with Crippen LogP contribution < -0.4 is 51.1 Å². The Hall–Kier alpha value is -7.13. The van der Waals surface area contributed by atoms with Gasteiger partial charge in [-0.1, -0.05) is 24.5 Å². The molecule has 12 aromatic rings. The molecule has 19 N–H and O–H groups in total. The molecule has 21 rings (SSSR count). The van der Waals surface area contributed by atoms with Gasteiger partial charge in [0, 0.05) is 31.9 Å². The van der Waals surface area contributed by atoms with Crippen LogP contribution in [0.3, 0.4) is 0 Å². The molecule has 9 fully saturated rings. The van der Waals surface area contributed by atoms with E-state index in [2.05, 4.69) is 99.5 Å². The average molecular weight is 2070 g/mol. The molecule has 68 heteroatoms. The fourth-order valence-electron chi connectivity index (χ4n) is 16.0. The van der Waals surface area contributed by atoms with Crippen LogP contribution in [0.4, 0.5) is 43.7 Å². The highest BCUT2D eigenvalue weighted by Gasteiger charge is 2.56. The molecule has 12 aromatic heterocycles. The van der Waals surface area contributed by atoms with Gasteiger partial charge in [0.25, 0.3) is 16.7 Å². The summed E-state index contributed by atoms with van der Waals surface area (Å²) in [7, 11) is 0. The highest BCUT2D eigenvalue weighted by molar-refractivity contribution is 8.60. The van der Waals surface area contributed by atoms with E-state index in [-0.39, 0.29) is 120 Å². The van der Waals surface area contributed by atoms with E-state index in [0.717, 1.165) is 10.9 Å². The minimum atomic E-state index is -4.44. The molecular weight excluding hydrogens is 2000 g/mol. The molecule has 53 nitrogen and oxygen atoms in total. The largest absolute Gasteiger partial charge is 0.397 e. The minimum Gasteiger partial charge on any atom is -0.397 e. The molecule has 0 aliphatic carbocycles. The van der Waals surface area contributed by atoms with E-state index >= 15 is 8.78 Å². The predicted molar refractivity (Wildman–Crippen MR) is 474 cm³/mol. The number of hydrogen-bond donors (Lipinski definition) is 15. The summed E-state index contributed by atoms with van der Waals surface area (Å²) in [6.45, 7) is -22.4. The Morgan fingerprint density at radius 1 is 0.397 bits per heavy atom. The van der Waals surface area contributed by atoms with Crippen molar-refractivity contribution in [2.24, 2.45) is 0 Å². The number of anilines is 6. The van der Waals surface area contributed by atoms with Crippen molar-refractivity contribution in [1.82, 2.24) is 102 Å². The number of halogens is 2. The van der Waals surface area contributed by atoms with Crippen LogP contribution in [0.15, 0.2) is 88.9 Å². The molecule has 8 unspecified atom stereocenters. The van der Waals surface area contributed by atoms with Crippen LogP contribution in [0.25, 0.3) is 55.9 Å². The molecule has 0 saturated carbocycles. The van der Waals surface area contributed by atoms with Crippen LogP contribution in [-0.2, 0) is 146 Å². The van der Waals surface area contributed by atoms with Gasteiger partial charge in [-0.15, -0.1) is 0 Å².